The van der Waals surface area contributed by atoms with Crippen LogP contribution in [0.25, 0.3) is 0 Å². The van der Waals surface area contributed by atoms with Gasteiger partial charge in [0.25, 0.3) is 0 Å². The Balaban J connectivity index is 1.62. The molecule has 1 aliphatic heterocycles. The number of hydrogen-bond acceptors (Lipinski definition) is 3. The van der Waals surface area contributed by atoms with Crippen molar-refractivity contribution in [2.24, 2.45) is 4.99 Å². The number of methoxy groups -OCH3 is 1. The van der Waals surface area contributed by atoms with Gasteiger partial charge in [0, 0.05) is 46.4 Å². The largest absolute Gasteiger partial charge is 0.383 e. The van der Waals surface area contributed by atoms with Gasteiger partial charge in [-0.2, -0.15) is 0 Å². The van der Waals surface area contributed by atoms with E-state index in [9.17, 15) is 4.39 Å². The predicted molar refractivity (Wildman–Crippen MR) is 101 cm³/mol. The van der Waals surface area contributed by atoms with Crippen molar-refractivity contribution in [1.82, 2.24) is 15.5 Å². The molecule has 0 saturated carbocycles. The molecule has 0 bridgehead atoms. The Morgan fingerprint density at radius 1 is 1.36 bits per heavy atom. The Morgan fingerprint density at radius 3 is 2.84 bits per heavy atom. The van der Waals surface area contributed by atoms with E-state index in [1.54, 1.807) is 26.3 Å². The fraction of sp³-hybridized carbons (Fsp3) is 0.632. The van der Waals surface area contributed by atoms with Crippen molar-refractivity contribution in [2.45, 2.75) is 31.7 Å². The highest BCUT2D eigenvalue weighted by molar-refractivity contribution is 5.79. The van der Waals surface area contributed by atoms with E-state index in [-0.39, 0.29) is 5.82 Å². The molecule has 1 aromatic carbocycles. The first kappa shape index (κ1) is 19.7. The summed E-state index contributed by atoms with van der Waals surface area (Å²) in [6.07, 6.45) is 4.04. The van der Waals surface area contributed by atoms with Gasteiger partial charge in [-0.05, 0) is 43.4 Å². The maximum atomic E-state index is 13.2. The number of likely N-dealkylation sites (tertiary alicyclic amines) is 1. The lowest BCUT2D eigenvalue weighted by Crippen LogP contribution is -2.49. The third-order valence-corrected chi connectivity index (χ3v) is 4.59. The lowest BCUT2D eigenvalue weighted by molar-refractivity contribution is 0.128. The molecule has 1 saturated heterocycles. The molecule has 1 heterocycles. The standard InChI is InChI=1S/C19H31FN4O/c1-21-19(22-10-4-6-16-5-3-7-17(20)15-16)23-18-8-11-24(12-9-18)13-14-25-2/h3,5,7,15,18H,4,6,8-14H2,1-2H3,(H2,21,22,23). The average Bonchev–Trinajstić information content (AvgIpc) is 2.63. The van der Waals surface area contributed by atoms with E-state index in [0.717, 1.165) is 70.0 Å². The van der Waals surface area contributed by atoms with Gasteiger partial charge in [0.05, 0.1) is 6.61 Å². The summed E-state index contributed by atoms with van der Waals surface area (Å²) < 4.78 is 18.3. The molecule has 6 heteroatoms. The highest BCUT2D eigenvalue weighted by Gasteiger charge is 2.19. The molecule has 140 valence electrons. The molecule has 25 heavy (non-hydrogen) atoms. The van der Waals surface area contributed by atoms with Crippen LogP contribution in [-0.4, -0.2) is 63.8 Å². The van der Waals surface area contributed by atoms with E-state index in [2.05, 4.69) is 20.5 Å². The van der Waals surface area contributed by atoms with Crippen molar-refractivity contribution in [2.75, 3.05) is 46.9 Å². The summed E-state index contributed by atoms with van der Waals surface area (Å²) >= 11 is 0. The summed E-state index contributed by atoms with van der Waals surface area (Å²) in [5, 5.41) is 6.87. The maximum Gasteiger partial charge on any atom is 0.191 e. The summed E-state index contributed by atoms with van der Waals surface area (Å²) in [7, 11) is 3.55. The van der Waals surface area contributed by atoms with E-state index in [4.69, 9.17) is 4.74 Å². The molecular formula is C19H31FN4O. The van der Waals surface area contributed by atoms with Gasteiger partial charge in [0.2, 0.25) is 0 Å². The van der Waals surface area contributed by atoms with Gasteiger partial charge in [0.15, 0.2) is 5.96 Å². The molecule has 5 nitrogen and oxygen atoms in total. The van der Waals surface area contributed by atoms with Crippen LogP contribution in [0.5, 0.6) is 0 Å². The molecule has 2 rings (SSSR count). The van der Waals surface area contributed by atoms with E-state index in [1.165, 1.54) is 6.07 Å². The predicted octanol–water partition coefficient (Wildman–Crippen LogP) is 2.03. The topological polar surface area (TPSA) is 48.9 Å². The number of nitrogens with zero attached hydrogens (tertiary/aromatic N) is 2. The van der Waals surface area contributed by atoms with Crippen LogP contribution in [-0.2, 0) is 11.2 Å². The molecule has 1 fully saturated rings. The Bertz CT molecular complexity index is 530. The van der Waals surface area contributed by atoms with Gasteiger partial charge in [-0.25, -0.2) is 4.39 Å². The normalized spacial score (nSPS) is 16.8. The Morgan fingerprint density at radius 2 is 2.16 bits per heavy atom. The highest BCUT2D eigenvalue weighted by Crippen LogP contribution is 2.10. The second-order valence-electron chi connectivity index (χ2n) is 6.49. The molecule has 0 aromatic heterocycles. The van der Waals surface area contributed by atoms with Crippen LogP contribution in [0.15, 0.2) is 29.3 Å². The minimum atomic E-state index is -0.167. The van der Waals surface area contributed by atoms with Gasteiger partial charge in [-0.15, -0.1) is 0 Å². The van der Waals surface area contributed by atoms with E-state index in [0.29, 0.717) is 6.04 Å². The molecule has 0 radical (unpaired) electrons. The summed E-state index contributed by atoms with van der Waals surface area (Å²) in [6.45, 7) is 4.82. The lowest BCUT2D eigenvalue weighted by atomic mass is 10.1. The van der Waals surface area contributed by atoms with Crippen molar-refractivity contribution in [3.05, 3.63) is 35.6 Å². The van der Waals surface area contributed by atoms with Gasteiger partial charge in [-0.1, -0.05) is 12.1 Å². The van der Waals surface area contributed by atoms with E-state index < -0.39 is 0 Å². The van der Waals surface area contributed by atoms with Crippen LogP contribution < -0.4 is 10.6 Å². The first-order valence-corrected chi connectivity index (χ1v) is 9.14. The zero-order valence-corrected chi connectivity index (χ0v) is 15.4. The second-order valence-corrected chi connectivity index (χ2v) is 6.49. The minimum Gasteiger partial charge on any atom is -0.383 e. The lowest BCUT2D eigenvalue weighted by Gasteiger charge is -2.32. The monoisotopic (exact) mass is 350 g/mol. The van der Waals surface area contributed by atoms with Crippen LogP contribution in [0.2, 0.25) is 0 Å². The van der Waals surface area contributed by atoms with Gasteiger partial charge in [0.1, 0.15) is 5.82 Å². The maximum absolute atomic E-state index is 13.2. The smallest absolute Gasteiger partial charge is 0.191 e. The third kappa shape index (κ3) is 7.40. The molecule has 0 unspecified atom stereocenters. The summed E-state index contributed by atoms with van der Waals surface area (Å²) in [5.74, 6) is 0.689. The summed E-state index contributed by atoms with van der Waals surface area (Å²) in [6, 6.07) is 7.28. The van der Waals surface area contributed by atoms with Crippen LogP contribution in [0.1, 0.15) is 24.8 Å². The summed E-state index contributed by atoms with van der Waals surface area (Å²) in [5.41, 5.74) is 1.04. The second kappa shape index (κ2) is 11.1. The number of hydrogen-bond donors (Lipinski definition) is 2. The van der Waals surface area contributed by atoms with Crippen molar-refractivity contribution < 1.29 is 9.13 Å². The molecule has 2 N–H and O–H groups in total. The Hall–Kier alpha value is -1.66. The number of guanidine groups is 1. The van der Waals surface area contributed by atoms with Gasteiger partial charge < -0.3 is 20.3 Å². The van der Waals surface area contributed by atoms with Gasteiger partial charge >= 0.3 is 0 Å². The van der Waals surface area contributed by atoms with Crippen LogP contribution >= 0.6 is 0 Å². The van der Waals surface area contributed by atoms with E-state index >= 15 is 0 Å². The fourth-order valence-corrected chi connectivity index (χ4v) is 3.10. The highest BCUT2D eigenvalue weighted by atomic mass is 19.1. The quantitative estimate of drug-likeness (QED) is 0.428. The fourth-order valence-electron chi connectivity index (χ4n) is 3.10. The minimum absolute atomic E-state index is 0.167. The molecular weight excluding hydrogens is 319 g/mol. The molecule has 1 aliphatic rings. The number of piperidine rings is 1. The number of aryl methyl sites for hydroxylation is 1. The van der Waals surface area contributed by atoms with Crippen LogP contribution in [0.4, 0.5) is 4.39 Å². The number of rotatable bonds is 8. The third-order valence-electron chi connectivity index (χ3n) is 4.59. The Kier molecular flexibility index (Phi) is 8.69. The number of benzene rings is 1. The number of aliphatic imine (C=N–C) groups is 1. The first-order chi connectivity index (χ1) is 12.2. The zero-order valence-electron chi connectivity index (χ0n) is 15.4. The molecule has 1 aromatic rings. The number of ether oxygens (including phenoxy) is 1. The van der Waals surface area contributed by atoms with Crippen molar-refractivity contribution in [3.63, 3.8) is 0 Å². The molecule has 0 spiro atoms. The molecule has 0 atom stereocenters. The molecule has 0 aliphatic carbocycles. The Labute approximate surface area is 150 Å². The first-order valence-electron chi connectivity index (χ1n) is 9.14. The van der Waals surface area contributed by atoms with E-state index in [1.807, 2.05) is 6.07 Å². The SMILES string of the molecule is CN=C(NCCCc1cccc(F)c1)NC1CCN(CCOC)CC1. The van der Waals surface area contributed by atoms with Crippen LogP contribution in [0.3, 0.4) is 0 Å². The average molecular weight is 350 g/mol. The van der Waals surface area contributed by atoms with Gasteiger partial charge in [-0.3, -0.25) is 4.99 Å². The molecule has 0 amide bonds. The zero-order chi connectivity index (χ0) is 17.9. The number of halogens is 1. The summed E-state index contributed by atoms with van der Waals surface area (Å²) in [4.78, 5) is 6.75. The number of nitrogens with one attached hydrogen (secondary N) is 2. The van der Waals surface area contributed by atoms with Crippen LogP contribution in [0, 0.1) is 5.82 Å². The van der Waals surface area contributed by atoms with Crippen molar-refractivity contribution in [1.29, 1.82) is 0 Å². The van der Waals surface area contributed by atoms with Crippen molar-refractivity contribution >= 4 is 5.96 Å². The van der Waals surface area contributed by atoms with Crippen molar-refractivity contribution in [3.8, 4) is 0 Å².